The summed E-state index contributed by atoms with van der Waals surface area (Å²) in [5.74, 6) is -0.491. The van der Waals surface area contributed by atoms with Crippen LogP contribution >= 0.6 is 43.5 Å². The van der Waals surface area contributed by atoms with Crippen molar-refractivity contribution in [1.29, 1.82) is 0 Å². The van der Waals surface area contributed by atoms with E-state index in [1.165, 1.54) is 0 Å². The summed E-state index contributed by atoms with van der Waals surface area (Å²) in [6, 6.07) is 6.72. The second-order valence-corrected chi connectivity index (χ2v) is 5.57. The van der Waals surface area contributed by atoms with Crippen molar-refractivity contribution in [2.24, 2.45) is 0 Å². The van der Waals surface area contributed by atoms with Gasteiger partial charge in [-0.25, -0.2) is 4.79 Å². The summed E-state index contributed by atoms with van der Waals surface area (Å²) < 4.78 is 5.85. The average Bonchev–Trinajstić information content (AvgIpc) is 2.57. The van der Waals surface area contributed by atoms with Gasteiger partial charge in [0.15, 0.2) is 6.10 Å². The SMILES string of the molecule is O=C1O[C@H]([C@H](O)c2ccc(Cl)cc2)C(Br)=C1Br. The lowest BCUT2D eigenvalue weighted by molar-refractivity contribution is -0.143. The van der Waals surface area contributed by atoms with E-state index in [1.807, 2.05) is 0 Å². The van der Waals surface area contributed by atoms with Gasteiger partial charge in [-0.1, -0.05) is 23.7 Å². The molecular weight excluding hydrogens is 375 g/mol. The Morgan fingerprint density at radius 1 is 1.29 bits per heavy atom. The number of benzene rings is 1. The van der Waals surface area contributed by atoms with Crippen LogP contribution in [0.25, 0.3) is 0 Å². The molecule has 0 unspecified atom stereocenters. The van der Waals surface area contributed by atoms with Gasteiger partial charge in [-0.3, -0.25) is 0 Å². The van der Waals surface area contributed by atoms with Gasteiger partial charge in [-0.2, -0.15) is 0 Å². The van der Waals surface area contributed by atoms with Crippen LogP contribution in [0.3, 0.4) is 0 Å². The van der Waals surface area contributed by atoms with Crippen molar-refractivity contribution < 1.29 is 14.6 Å². The highest BCUT2D eigenvalue weighted by Gasteiger charge is 2.36. The lowest BCUT2D eigenvalue weighted by atomic mass is 10.0. The Labute approximate surface area is 120 Å². The molecule has 1 aliphatic heterocycles. The number of cyclic esters (lactones) is 1. The van der Waals surface area contributed by atoms with Crippen LogP contribution < -0.4 is 0 Å². The fourth-order valence-electron chi connectivity index (χ4n) is 1.48. The van der Waals surface area contributed by atoms with Crippen LogP contribution in [0.4, 0.5) is 0 Å². The summed E-state index contributed by atoms with van der Waals surface area (Å²) >= 11 is 12.1. The van der Waals surface area contributed by atoms with Crippen LogP contribution in [0.1, 0.15) is 11.7 Å². The lowest BCUT2D eigenvalue weighted by Crippen LogP contribution is -2.20. The fourth-order valence-corrected chi connectivity index (χ4v) is 2.43. The fraction of sp³-hybridized carbons (Fsp3) is 0.182. The molecule has 1 aliphatic rings. The Morgan fingerprint density at radius 2 is 1.88 bits per heavy atom. The molecule has 0 radical (unpaired) electrons. The Balaban J connectivity index is 2.25. The minimum atomic E-state index is -0.930. The van der Waals surface area contributed by atoms with Crippen molar-refractivity contribution in [3.63, 3.8) is 0 Å². The predicted octanol–water partition coefficient (Wildman–Crippen LogP) is 3.30. The molecule has 0 aromatic heterocycles. The van der Waals surface area contributed by atoms with E-state index >= 15 is 0 Å². The zero-order valence-electron chi connectivity index (χ0n) is 8.36. The predicted molar refractivity (Wildman–Crippen MR) is 71.2 cm³/mol. The first kappa shape index (κ1) is 13.1. The zero-order chi connectivity index (χ0) is 12.6. The van der Waals surface area contributed by atoms with Crippen LogP contribution in [-0.4, -0.2) is 17.2 Å². The molecule has 0 bridgehead atoms. The first-order valence-corrected chi connectivity index (χ1v) is 6.67. The van der Waals surface area contributed by atoms with Gasteiger partial charge in [0.05, 0.1) is 4.48 Å². The first-order chi connectivity index (χ1) is 8.00. The molecule has 3 nitrogen and oxygen atoms in total. The van der Waals surface area contributed by atoms with Crippen molar-refractivity contribution in [2.75, 3.05) is 0 Å². The number of halogens is 3. The second-order valence-electron chi connectivity index (χ2n) is 3.48. The maximum atomic E-state index is 11.3. The Morgan fingerprint density at radius 3 is 2.35 bits per heavy atom. The minimum Gasteiger partial charge on any atom is -0.450 e. The van der Waals surface area contributed by atoms with Crippen LogP contribution in [0, 0.1) is 0 Å². The van der Waals surface area contributed by atoms with Gasteiger partial charge in [-0.15, -0.1) is 0 Å². The zero-order valence-corrected chi connectivity index (χ0v) is 12.3. The standard InChI is InChI=1S/C11H7Br2ClO3/c12-7-8(13)11(16)17-10(7)9(15)5-1-3-6(14)4-2-5/h1-4,9-10,15H/t9-,10+/m1/s1. The Hall–Kier alpha value is -0.360. The van der Waals surface area contributed by atoms with Crippen LogP contribution in [0.5, 0.6) is 0 Å². The number of carbonyl (C=O) groups is 1. The van der Waals surface area contributed by atoms with E-state index in [-0.39, 0.29) is 0 Å². The van der Waals surface area contributed by atoms with Crippen molar-refractivity contribution >= 4 is 49.4 Å². The third kappa shape index (κ3) is 2.57. The third-order valence-corrected chi connectivity index (χ3v) is 4.75. The maximum absolute atomic E-state index is 11.3. The number of ether oxygens (including phenoxy) is 1. The summed E-state index contributed by atoms with van der Waals surface area (Å²) in [6.07, 6.45) is -1.65. The van der Waals surface area contributed by atoms with Gasteiger partial charge in [0.25, 0.3) is 0 Å². The number of rotatable bonds is 2. The summed E-state index contributed by atoms with van der Waals surface area (Å²) in [7, 11) is 0. The molecule has 6 heteroatoms. The van der Waals surface area contributed by atoms with Crippen molar-refractivity contribution in [3.05, 3.63) is 43.8 Å². The molecule has 1 heterocycles. The lowest BCUT2D eigenvalue weighted by Gasteiger charge is -2.18. The molecular formula is C11H7Br2ClO3. The molecule has 17 heavy (non-hydrogen) atoms. The first-order valence-electron chi connectivity index (χ1n) is 4.70. The van der Waals surface area contributed by atoms with Gasteiger partial charge in [0.2, 0.25) is 0 Å². The monoisotopic (exact) mass is 380 g/mol. The third-order valence-electron chi connectivity index (χ3n) is 2.37. The van der Waals surface area contributed by atoms with E-state index in [0.29, 0.717) is 19.6 Å². The van der Waals surface area contributed by atoms with Gasteiger partial charge in [-0.05, 0) is 49.6 Å². The summed E-state index contributed by atoms with van der Waals surface area (Å²) in [5.41, 5.74) is 0.631. The second kappa shape index (κ2) is 5.10. The molecule has 0 fully saturated rings. The van der Waals surface area contributed by atoms with E-state index in [0.717, 1.165) is 0 Å². The topological polar surface area (TPSA) is 46.5 Å². The Bertz CT molecular complexity index is 484. The highest BCUT2D eigenvalue weighted by atomic mass is 79.9. The van der Waals surface area contributed by atoms with Gasteiger partial charge in [0, 0.05) is 5.02 Å². The van der Waals surface area contributed by atoms with E-state index in [9.17, 15) is 9.90 Å². The van der Waals surface area contributed by atoms with Crippen LogP contribution in [0.2, 0.25) is 5.02 Å². The normalized spacial score (nSPS) is 21.6. The molecule has 2 rings (SSSR count). The molecule has 90 valence electrons. The van der Waals surface area contributed by atoms with Gasteiger partial charge >= 0.3 is 5.97 Å². The highest BCUT2D eigenvalue weighted by molar-refractivity contribution is 9.14. The molecule has 0 spiro atoms. The molecule has 0 saturated heterocycles. The quantitative estimate of drug-likeness (QED) is 0.799. The molecule has 0 amide bonds. The Kier molecular flexibility index (Phi) is 3.92. The maximum Gasteiger partial charge on any atom is 0.346 e. The summed E-state index contributed by atoms with van der Waals surface area (Å²) in [5, 5.41) is 10.7. The van der Waals surface area contributed by atoms with E-state index in [4.69, 9.17) is 16.3 Å². The van der Waals surface area contributed by atoms with Gasteiger partial charge in [0.1, 0.15) is 10.6 Å². The number of hydrogen-bond donors (Lipinski definition) is 1. The smallest absolute Gasteiger partial charge is 0.346 e. The van der Waals surface area contributed by atoms with Gasteiger partial charge < -0.3 is 9.84 Å². The molecule has 2 atom stereocenters. The van der Waals surface area contributed by atoms with Crippen LogP contribution in [-0.2, 0) is 9.53 Å². The molecule has 1 aromatic carbocycles. The number of esters is 1. The number of carbonyl (C=O) groups excluding carboxylic acids is 1. The number of hydrogen-bond acceptors (Lipinski definition) is 3. The van der Waals surface area contributed by atoms with Crippen molar-refractivity contribution in [1.82, 2.24) is 0 Å². The number of aliphatic hydroxyl groups is 1. The molecule has 1 N–H and O–H groups in total. The van der Waals surface area contributed by atoms with Crippen molar-refractivity contribution in [2.45, 2.75) is 12.2 Å². The minimum absolute atomic E-state index is 0.301. The largest absolute Gasteiger partial charge is 0.450 e. The molecule has 0 aliphatic carbocycles. The number of aliphatic hydroxyl groups excluding tert-OH is 1. The van der Waals surface area contributed by atoms with Crippen LogP contribution in [0.15, 0.2) is 33.2 Å². The molecule has 0 saturated carbocycles. The highest BCUT2D eigenvalue weighted by Crippen LogP contribution is 2.37. The molecule has 1 aromatic rings. The van der Waals surface area contributed by atoms with E-state index < -0.39 is 18.2 Å². The van der Waals surface area contributed by atoms with E-state index in [1.54, 1.807) is 24.3 Å². The van der Waals surface area contributed by atoms with E-state index in [2.05, 4.69) is 31.9 Å². The summed E-state index contributed by atoms with van der Waals surface area (Å²) in [6.45, 7) is 0. The van der Waals surface area contributed by atoms with Crippen molar-refractivity contribution in [3.8, 4) is 0 Å². The average molecular weight is 382 g/mol. The summed E-state index contributed by atoms with van der Waals surface area (Å²) in [4.78, 5) is 11.3.